The number of amides is 1. The SMILES string of the molecule is Cc1ccc(-c2cc(C(F)(F)F)n3nc(C(=O)N4CCN(c5ccccc5)CC4)nc3n2)cc1. The van der Waals surface area contributed by atoms with E-state index in [9.17, 15) is 18.0 Å². The van der Waals surface area contributed by atoms with Gasteiger partial charge >= 0.3 is 6.18 Å². The quantitative estimate of drug-likeness (QED) is 0.455. The number of anilines is 1. The number of nitrogens with zero attached hydrogens (tertiary/aromatic N) is 6. The minimum atomic E-state index is -4.70. The van der Waals surface area contributed by atoms with Gasteiger partial charge in [-0.2, -0.15) is 22.7 Å². The summed E-state index contributed by atoms with van der Waals surface area (Å²) in [5, 5.41) is 3.90. The van der Waals surface area contributed by atoms with Gasteiger partial charge in [0.15, 0.2) is 5.69 Å². The molecule has 0 radical (unpaired) electrons. The number of carbonyl (C=O) groups is 1. The van der Waals surface area contributed by atoms with E-state index < -0.39 is 17.8 Å². The summed E-state index contributed by atoms with van der Waals surface area (Å²) in [4.78, 5) is 25.1. The Morgan fingerprint density at radius 1 is 0.912 bits per heavy atom. The van der Waals surface area contributed by atoms with Gasteiger partial charge in [0, 0.05) is 37.4 Å². The van der Waals surface area contributed by atoms with Crippen molar-refractivity contribution >= 4 is 17.4 Å². The van der Waals surface area contributed by atoms with Crippen LogP contribution in [0.1, 0.15) is 21.9 Å². The molecule has 10 heteroatoms. The number of alkyl halides is 3. The second-order valence-corrected chi connectivity index (χ2v) is 8.15. The smallest absolute Gasteiger partial charge is 0.368 e. The molecule has 0 N–H and O–H groups in total. The van der Waals surface area contributed by atoms with Crippen molar-refractivity contribution in [2.24, 2.45) is 0 Å². The standard InChI is InChI=1S/C24H21F3N6O/c1-16-7-9-17(10-8-16)19-15-20(24(25,26)27)33-23(28-19)29-21(30-33)22(34)32-13-11-31(12-14-32)18-5-3-2-4-6-18/h2-10,15H,11-14H2,1H3. The summed E-state index contributed by atoms with van der Waals surface area (Å²) < 4.78 is 42.1. The predicted octanol–water partition coefficient (Wildman–Crippen LogP) is 4.08. The van der Waals surface area contributed by atoms with Crippen molar-refractivity contribution in [1.29, 1.82) is 0 Å². The first kappa shape index (κ1) is 21.9. The average Bonchev–Trinajstić information content (AvgIpc) is 3.27. The van der Waals surface area contributed by atoms with Gasteiger partial charge in [-0.3, -0.25) is 4.79 Å². The van der Waals surface area contributed by atoms with Crippen LogP contribution in [0.15, 0.2) is 60.7 Å². The summed E-state index contributed by atoms with van der Waals surface area (Å²) in [6.07, 6.45) is -4.70. The molecule has 34 heavy (non-hydrogen) atoms. The minimum absolute atomic E-state index is 0.114. The number of para-hydroxylation sites is 1. The van der Waals surface area contributed by atoms with E-state index in [1.54, 1.807) is 29.2 Å². The Labute approximate surface area is 193 Å². The summed E-state index contributed by atoms with van der Waals surface area (Å²) in [5.74, 6) is -1.08. The molecule has 3 heterocycles. The Hall–Kier alpha value is -3.95. The van der Waals surface area contributed by atoms with Crippen molar-refractivity contribution in [2.75, 3.05) is 31.1 Å². The molecule has 0 aliphatic carbocycles. The van der Waals surface area contributed by atoms with Crippen LogP contribution in [-0.4, -0.2) is 56.6 Å². The number of benzene rings is 2. The summed E-state index contributed by atoms with van der Waals surface area (Å²) in [5.41, 5.74) is 1.63. The molecule has 0 saturated carbocycles. The van der Waals surface area contributed by atoms with Crippen LogP contribution in [0.2, 0.25) is 0 Å². The fraction of sp³-hybridized carbons (Fsp3) is 0.250. The van der Waals surface area contributed by atoms with Gasteiger partial charge in [-0.1, -0.05) is 48.0 Å². The van der Waals surface area contributed by atoms with Crippen LogP contribution in [0.5, 0.6) is 0 Å². The second kappa shape index (κ2) is 8.44. The highest BCUT2D eigenvalue weighted by molar-refractivity contribution is 5.91. The molecule has 0 bridgehead atoms. The van der Waals surface area contributed by atoms with E-state index in [2.05, 4.69) is 20.0 Å². The number of aryl methyl sites for hydroxylation is 1. The van der Waals surface area contributed by atoms with Gasteiger partial charge in [0.2, 0.25) is 5.82 Å². The van der Waals surface area contributed by atoms with Crippen molar-refractivity contribution in [3.05, 3.63) is 77.7 Å². The fourth-order valence-corrected chi connectivity index (χ4v) is 3.98. The Kier molecular flexibility index (Phi) is 5.43. The van der Waals surface area contributed by atoms with Gasteiger partial charge in [-0.05, 0) is 25.1 Å². The predicted molar refractivity (Wildman–Crippen MR) is 121 cm³/mol. The van der Waals surface area contributed by atoms with Crippen LogP contribution in [0, 0.1) is 6.92 Å². The Balaban J connectivity index is 1.44. The zero-order valence-electron chi connectivity index (χ0n) is 18.3. The van der Waals surface area contributed by atoms with Crippen LogP contribution in [0.4, 0.5) is 18.9 Å². The number of carbonyl (C=O) groups excluding carboxylic acids is 1. The molecule has 174 valence electrons. The zero-order valence-corrected chi connectivity index (χ0v) is 18.3. The number of rotatable bonds is 3. The first-order chi connectivity index (χ1) is 16.3. The maximum absolute atomic E-state index is 13.8. The van der Waals surface area contributed by atoms with Crippen molar-refractivity contribution in [1.82, 2.24) is 24.5 Å². The van der Waals surface area contributed by atoms with Crippen LogP contribution in [0.25, 0.3) is 17.0 Å². The highest BCUT2D eigenvalue weighted by Gasteiger charge is 2.36. The van der Waals surface area contributed by atoms with E-state index in [4.69, 9.17) is 0 Å². The molecule has 2 aromatic carbocycles. The highest BCUT2D eigenvalue weighted by Crippen LogP contribution is 2.32. The molecule has 1 amide bonds. The maximum Gasteiger partial charge on any atom is 0.433 e. The molecule has 2 aromatic heterocycles. The summed E-state index contributed by atoms with van der Waals surface area (Å²) in [6.45, 7) is 3.92. The molecule has 0 atom stereocenters. The molecule has 1 aliphatic heterocycles. The van der Waals surface area contributed by atoms with Crippen LogP contribution >= 0.6 is 0 Å². The summed E-state index contributed by atoms with van der Waals surface area (Å²) in [7, 11) is 0. The number of hydrogen-bond acceptors (Lipinski definition) is 5. The van der Waals surface area contributed by atoms with Gasteiger partial charge in [-0.15, -0.1) is 5.10 Å². The van der Waals surface area contributed by atoms with E-state index in [1.165, 1.54) is 0 Å². The summed E-state index contributed by atoms with van der Waals surface area (Å²) >= 11 is 0. The third-order valence-corrected chi connectivity index (χ3v) is 5.83. The third kappa shape index (κ3) is 4.18. The van der Waals surface area contributed by atoms with Gasteiger partial charge in [-0.25, -0.2) is 4.98 Å². The largest absolute Gasteiger partial charge is 0.433 e. The lowest BCUT2D eigenvalue weighted by atomic mass is 10.1. The first-order valence-corrected chi connectivity index (χ1v) is 10.8. The van der Waals surface area contributed by atoms with E-state index in [1.807, 2.05) is 37.3 Å². The van der Waals surface area contributed by atoms with Crippen LogP contribution in [0.3, 0.4) is 0 Å². The zero-order chi connectivity index (χ0) is 23.9. The van der Waals surface area contributed by atoms with E-state index in [0.717, 1.165) is 17.3 Å². The van der Waals surface area contributed by atoms with Crippen molar-refractivity contribution in [3.63, 3.8) is 0 Å². The molecule has 1 saturated heterocycles. The van der Waals surface area contributed by atoms with Gasteiger partial charge in [0.1, 0.15) is 0 Å². The van der Waals surface area contributed by atoms with E-state index in [0.29, 0.717) is 36.3 Å². The number of piperazine rings is 1. The third-order valence-electron chi connectivity index (χ3n) is 5.83. The molecule has 5 rings (SSSR count). The molecule has 7 nitrogen and oxygen atoms in total. The Morgan fingerprint density at radius 3 is 2.24 bits per heavy atom. The lowest BCUT2D eigenvalue weighted by Crippen LogP contribution is -2.49. The average molecular weight is 466 g/mol. The van der Waals surface area contributed by atoms with E-state index >= 15 is 0 Å². The van der Waals surface area contributed by atoms with Crippen LogP contribution < -0.4 is 4.90 Å². The lowest BCUT2D eigenvalue weighted by molar-refractivity contribution is -0.142. The summed E-state index contributed by atoms with van der Waals surface area (Å²) in [6, 6.07) is 17.7. The molecule has 0 unspecified atom stereocenters. The molecule has 4 aromatic rings. The van der Waals surface area contributed by atoms with Crippen molar-refractivity contribution in [2.45, 2.75) is 13.1 Å². The Morgan fingerprint density at radius 2 is 1.59 bits per heavy atom. The highest BCUT2D eigenvalue weighted by atomic mass is 19.4. The normalized spacial score (nSPS) is 14.6. The second-order valence-electron chi connectivity index (χ2n) is 8.15. The monoisotopic (exact) mass is 466 g/mol. The maximum atomic E-state index is 13.8. The molecule has 1 aliphatic rings. The van der Waals surface area contributed by atoms with Gasteiger partial charge in [0.25, 0.3) is 11.7 Å². The van der Waals surface area contributed by atoms with Crippen molar-refractivity contribution < 1.29 is 18.0 Å². The number of halogens is 3. The topological polar surface area (TPSA) is 66.6 Å². The fourth-order valence-electron chi connectivity index (χ4n) is 3.98. The van der Waals surface area contributed by atoms with Crippen LogP contribution in [-0.2, 0) is 6.18 Å². The Bertz CT molecular complexity index is 1330. The molecular weight excluding hydrogens is 445 g/mol. The van der Waals surface area contributed by atoms with E-state index in [-0.39, 0.29) is 17.3 Å². The number of hydrogen-bond donors (Lipinski definition) is 0. The van der Waals surface area contributed by atoms with Crippen molar-refractivity contribution in [3.8, 4) is 11.3 Å². The molecular formula is C24H21F3N6O. The van der Waals surface area contributed by atoms with Gasteiger partial charge < -0.3 is 9.80 Å². The molecule has 1 fully saturated rings. The first-order valence-electron chi connectivity index (χ1n) is 10.8. The number of fused-ring (bicyclic) bond motifs is 1. The minimum Gasteiger partial charge on any atom is -0.368 e. The van der Waals surface area contributed by atoms with Gasteiger partial charge in [0.05, 0.1) is 5.69 Å². The number of aromatic nitrogens is 4. The lowest BCUT2D eigenvalue weighted by Gasteiger charge is -2.35. The molecule has 0 spiro atoms.